The van der Waals surface area contributed by atoms with E-state index in [1.54, 1.807) is 27.5 Å². The normalized spacial score (nSPS) is 49.8. The van der Waals surface area contributed by atoms with E-state index in [1.807, 2.05) is 0 Å². The molecule has 0 radical (unpaired) electrons. The molecule has 2 saturated carbocycles. The largest absolute Gasteiger partial charge is 0.109 e. The molecule has 1 heterocycles. The third kappa shape index (κ3) is 1.38. The number of hydrogen-bond acceptors (Lipinski definition) is 0. The highest BCUT2D eigenvalue weighted by Gasteiger charge is 2.42. The Kier molecular flexibility index (Phi) is 2.21. The minimum absolute atomic E-state index is 1.04. The Hall–Kier alpha value is 0.170. The highest BCUT2D eigenvalue weighted by atomic mass is 31.1. The van der Waals surface area contributed by atoms with Crippen LogP contribution in [-0.4, -0.2) is 12.0 Å². The molecular weight excluding hydrogens is 175 g/mol. The van der Waals surface area contributed by atoms with E-state index in [4.69, 9.17) is 0 Å². The van der Waals surface area contributed by atoms with E-state index in [0.717, 1.165) is 23.7 Å². The van der Waals surface area contributed by atoms with E-state index < -0.39 is 0 Å². The summed E-state index contributed by atoms with van der Waals surface area (Å²) in [4.78, 5) is 0. The van der Waals surface area contributed by atoms with Crippen molar-refractivity contribution in [2.24, 2.45) is 23.7 Å². The summed E-state index contributed by atoms with van der Waals surface area (Å²) >= 11 is 0. The van der Waals surface area contributed by atoms with Gasteiger partial charge in [-0.2, -0.15) is 0 Å². The maximum Gasteiger partial charge on any atom is -0.0106 e. The first-order valence-electron chi connectivity index (χ1n) is 5.95. The SMILES string of the molecule is C1=PCCC2CC3CCCCC3C12. The van der Waals surface area contributed by atoms with Gasteiger partial charge in [-0.1, -0.05) is 25.1 Å². The number of hydrogen-bond donors (Lipinski definition) is 0. The van der Waals surface area contributed by atoms with Crippen LogP contribution in [0.25, 0.3) is 0 Å². The summed E-state index contributed by atoms with van der Waals surface area (Å²) in [5, 5.41) is 0. The van der Waals surface area contributed by atoms with Gasteiger partial charge in [0.05, 0.1) is 0 Å². The Balaban J connectivity index is 1.82. The van der Waals surface area contributed by atoms with Crippen LogP contribution in [0.3, 0.4) is 0 Å². The molecule has 0 spiro atoms. The molecule has 2 aliphatic carbocycles. The van der Waals surface area contributed by atoms with Gasteiger partial charge in [-0.05, 0) is 49.1 Å². The zero-order valence-corrected chi connectivity index (χ0v) is 9.18. The predicted octanol–water partition coefficient (Wildman–Crippen LogP) is 3.58. The van der Waals surface area contributed by atoms with Gasteiger partial charge in [-0.25, -0.2) is 0 Å². The molecule has 0 bridgehead atoms. The van der Waals surface area contributed by atoms with Crippen molar-refractivity contribution in [2.45, 2.75) is 38.5 Å². The summed E-state index contributed by atoms with van der Waals surface area (Å²) in [7, 11) is 1.65. The van der Waals surface area contributed by atoms with Gasteiger partial charge in [0.25, 0.3) is 0 Å². The molecule has 72 valence electrons. The van der Waals surface area contributed by atoms with Crippen molar-refractivity contribution in [1.29, 1.82) is 0 Å². The summed E-state index contributed by atoms with van der Waals surface area (Å²) in [5.74, 6) is 7.05. The molecule has 3 aliphatic rings. The minimum Gasteiger partial charge on any atom is -0.109 e. The van der Waals surface area contributed by atoms with E-state index in [-0.39, 0.29) is 0 Å². The lowest BCUT2D eigenvalue weighted by atomic mass is 9.78. The highest BCUT2D eigenvalue weighted by molar-refractivity contribution is 7.38. The van der Waals surface area contributed by atoms with E-state index in [0.29, 0.717) is 0 Å². The molecule has 4 unspecified atom stereocenters. The van der Waals surface area contributed by atoms with Crippen LogP contribution in [0.5, 0.6) is 0 Å². The van der Waals surface area contributed by atoms with Crippen LogP contribution in [0.15, 0.2) is 0 Å². The first kappa shape index (κ1) is 8.48. The Morgan fingerprint density at radius 3 is 2.92 bits per heavy atom. The molecular formula is C12H19P. The molecule has 3 rings (SSSR count). The molecule has 0 aromatic carbocycles. The third-order valence-corrected chi connectivity index (χ3v) is 5.59. The second kappa shape index (κ2) is 3.39. The van der Waals surface area contributed by atoms with Crippen molar-refractivity contribution in [3.05, 3.63) is 0 Å². The molecule has 2 fully saturated rings. The fourth-order valence-corrected chi connectivity index (χ4v) is 5.25. The summed E-state index contributed by atoms with van der Waals surface area (Å²) in [6, 6.07) is 0. The molecule has 0 amide bonds. The Labute approximate surface area is 82.9 Å². The molecule has 13 heavy (non-hydrogen) atoms. The van der Waals surface area contributed by atoms with Crippen LogP contribution in [-0.2, 0) is 0 Å². The average molecular weight is 194 g/mol. The van der Waals surface area contributed by atoms with E-state index in [2.05, 4.69) is 5.80 Å². The zero-order valence-electron chi connectivity index (χ0n) is 8.28. The van der Waals surface area contributed by atoms with Crippen LogP contribution in [0.1, 0.15) is 38.5 Å². The van der Waals surface area contributed by atoms with Crippen molar-refractivity contribution >= 4 is 14.0 Å². The van der Waals surface area contributed by atoms with Gasteiger partial charge in [0, 0.05) is 0 Å². The van der Waals surface area contributed by atoms with Gasteiger partial charge in [0.1, 0.15) is 0 Å². The highest BCUT2D eigenvalue weighted by Crippen LogP contribution is 2.51. The van der Waals surface area contributed by atoms with Crippen LogP contribution in [0.2, 0.25) is 0 Å². The van der Waals surface area contributed by atoms with Crippen LogP contribution in [0, 0.1) is 23.7 Å². The minimum atomic E-state index is 1.04. The molecule has 0 nitrogen and oxygen atoms in total. The Morgan fingerprint density at radius 2 is 1.92 bits per heavy atom. The molecule has 0 aromatic rings. The monoisotopic (exact) mass is 194 g/mol. The second-order valence-electron chi connectivity index (χ2n) is 5.13. The van der Waals surface area contributed by atoms with Crippen molar-refractivity contribution in [3.63, 3.8) is 0 Å². The van der Waals surface area contributed by atoms with Gasteiger partial charge in [0.2, 0.25) is 0 Å². The van der Waals surface area contributed by atoms with E-state index in [9.17, 15) is 0 Å². The maximum absolute atomic E-state index is 2.66. The first-order chi connectivity index (χ1) is 6.45. The molecule has 0 aromatic heterocycles. The summed E-state index contributed by atoms with van der Waals surface area (Å²) in [5.41, 5.74) is 0. The summed E-state index contributed by atoms with van der Waals surface area (Å²) in [6.45, 7) is 0. The molecule has 0 saturated heterocycles. The van der Waals surface area contributed by atoms with Crippen LogP contribution in [0.4, 0.5) is 0 Å². The van der Waals surface area contributed by atoms with Gasteiger partial charge < -0.3 is 0 Å². The van der Waals surface area contributed by atoms with E-state index >= 15 is 0 Å². The molecule has 1 heteroatoms. The second-order valence-corrected chi connectivity index (χ2v) is 6.24. The quantitative estimate of drug-likeness (QED) is 0.517. The molecule has 0 N–H and O–H groups in total. The number of fused-ring (bicyclic) bond motifs is 3. The van der Waals surface area contributed by atoms with Crippen LogP contribution < -0.4 is 0 Å². The predicted molar refractivity (Wildman–Crippen MR) is 59.5 cm³/mol. The van der Waals surface area contributed by atoms with Crippen molar-refractivity contribution in [2.75, 3.05) is 6.16 Å². The average Bonchev–Trinajstić information content (AvgIpc) is 2.56. The topological polar surface area (TPSA) is 0 Å². The van der Waals surface area contributed by atoms with Crippen molar-refractivity contribution in [3.8, 4) is 0 Å². The van der Waals surface area contributed by atoms with Gasteiger partial charge in [-0.3, -0.25) is 0 Å². The Bertz CT molecular complexity index is 221. The van der Waals surface area contributed by atoms with Gasteiger partial charge in [-0.15, -0.1) is 8.20 Å². The van der Waals surface area contributed by atoms with Crippen molar-refractivity contribution < 1.29 is 0 Å². The molecule has 4 atom stereocenters. The third-order valence-electron chi connectivity index (χ3n) is 4.52. The lowest BCUT2D eigenvalue weighted by molar-refractivity contribution is 0.257. The van der Waals surface area contributed by atoms with Crippen LogP contribution >= 0.6 is 8.20 Å². The first-order valence-corrected chi connectivity index (χ1v) is 7.10. The smallest absolute Gasteiger partial charge is 0.0106 e. The Morgan fingerprint density at radius 1 is 1.00 bits per heavy atom. The fourth-order valence-electron chi connectivity index (χ4n) is 3.91. The lowest BCUT2D eigenvalue weighted by Gasteiger charge is -2.29. The zero-order chi connectivity index (χ0) is 8.67. The standard InChI is InChI=1S/C12H19P/c1-2-4-11-9(3-1)7-10-5-6-13-8-12(10)11/h8-12H,1-7H2. The lowest BCUT2D eigenvalue weighted by Crippen LogP contribution is -2.22. The maximum atomic E-state index is 2.66. The van der Waals surface area contributed by atoms with Gasteiger partial charge in [0.15, 0.2) is 0 Å². The van der Waals surface area contributed by atoms with Gasteiger partial charge >= 0.3 is 0 Å². The van der Waals surface area contributed by atoms with Crippen molar-refractivity contribution in [1.82, 2.24) is 0 Å². The fraction of sp³-hybridized carbons (Fsp3) is 0.917. The number of rotatable bonds is 0. The van der Waals surface area contributed by atoms with E-state index in [1.165, 1.54) is 25.4 Å². The summed E-state index contributed by atoms with van der Waals surface area (Å²) < 4.78 is 0. The summed E-state index contributed by atoms with van der Waals surface area (Å²) in [6.07, 6.45) is 10.7. The molecule has 1 aliphatic heterocycles.